The van der Waals surface area contributed by atoms with Gasteiger partial charge in [-0.15, -0.1) is 0 Å². The van der Waals surface area contributed by atoms with Gasteiger partial charge in [0, 0.05) is 13.0 Å². The Labute approximate surface area is 249 Å². The fraction of sp³-hybridized carbons (Fsp3) is 0.962. The molecule has 10 nitrogen and oxygen atoms in total. The third kappa shape index (κ3) is 6.79. The first-order valence-corrected chi connectivity index (χ1v) is 15.1. The van der Waals surface area contributed by atoms with E-state index in [0.717, 1.165) is 38.5 Å². The number of hydrogen-bond acceptors (Lipinski definition) is 7. The number of hydrogen-bond donors (Lipinski definition) is 4. The van der Waals surface area contributed by atoms with Gasteiger partial charge in [0.15, 0.2) is 0 Å². The first kappa shape index (κ1) is 36.2. The molecule has 0 saturated heterocycles. The fourth-order valence-electron chi connectivity index (χ4n) is 9.10. The zero-order valence-corrected chi connectivity index (χ0v) is 26.2. The van der Waals surface area contributed by atoms with Crippen molar-refractivity contribution in [3.05, 3.63) is 0 Å². The molecule has 38 heavy (non-hydrogen) atoms. The summed E-state index contributed by atoms with van der Waals surface area (Å²) >= 11 is 0. The predicted molar refractivity (Wildman–Crippen MR) is 137 cm³/mol. The second-order valence-electron chi connectivity index (χ2n) is 12.7. The fourth-order valence-corrected chi connectivity index (χ4v) is 9.45. The minimum atomic E-state index is -4.35. The van der Waals surface area contributed by atoms with Crippen LogP contribution >= 0.6 is 0 Å². The van der Waals surface area contributed by atoms with Crippen molar-refractivity contribution in [1.82, 2.24) is 5.32 Å². The van der Waals surface area contributed by atoms with Gasteiger partial charge in [-0.25, -0.2) is 8.42 Å². The van der Waals surface area contributed by atoms with Crippen LogP contribution in [0.1, 0.15) is 78.6 Å². The molecule has 8 N–H and O–H groups in total. The zero-order chi connectivity index (χ0) is 25.8. The van der Waals surface area contributed by atoms with Crippen LogP contribution < -0.4 is 34.9 Å². The van der Waals surface area contributed by atoms with Gasteiger partial charge in [-0.1, -0.05) is 20.8 Å². The van der Waals surface area contributed by atoms with Gasteiger partial charge in [0.25, 0.3) is 0 Å². The second-order valence-corrected chi connectivity index (χ2v) is 14.2. The monoisotopic (exact) mass is 573 g/mol. The van der Waals surface area contributed by atoms with E-state index in [9.17, 15) is 33.1 Å². The van der Waals surface area contributed by atoms with Gasteiger partial charge in [0.1, 0.15) is 0 Å². The van der Waals surface area contributed by atoms with Gasteiger partial charge in [-0.05, 0) is 97.7 Å². The molecular formula is C26H48NNaO9S. The molecule has 0 heterocycles. The summed E-state index contributed by atoms with van der Waals surface area (Å²) in [4.78, 5) is 12.2. The molecule has 4 fully saturated rings. The SMILES string of the molecule is C[C@H](CCC(=O)NCCS(=O)(=O)[O-])[C@H]1CC[C@H]2[C@@H]3[C@H](O)CC4C[C@H](O)CC[C@]4(C)[C@H]3C[C@H](O)[C@]12C.O.O.[Na+]. The molecule has 0 aromatic rings. The van der Waals surface area contributed by atoms with E-state index in [1.54, 1.807) is 0 Å². The van der Waals surface area contributed by atoms with Crippen molar-refractivity contribution in [3.8, 4) is 0 Å². The standard InChI is InChI=1S/C26H45NO7S.Na.2H2O/c1-15(4-7-23(31)27-10-11-35(32,33)34)18-5-6-19-24-20(14-22(30)26(18,19)3)25(2)9-8-17(28)12-16(25)13-21(24)29;;;/h15-22,24,28-30H,4-14H2,1-3H3,(H,27,31)(H,32,33,34);;2*1H2/q;+1;;/p-1/t15-,16?,17-,18-,19+,20+,21-,22+,24+,25+,26-;;;/m1.../s1. The summed E-state index contributed by atoms with van der Waals surface area (Å²) in [6.45, 7) is 6.48. The van der Waals surface area contributed by atoms with Gasteiger partial charge in [0.05, 0.1) is 34.2 Å². The molecular weight excluding hydrogens is 525 g/mol. The van der Waals surface area contributed by atoms with E-state index >= 15 is 0 Å². The van der Waals surface area contributed by atoms with Crippen molar-refractivity contribution in [2.75, 3.05) is 12.3 Å². The number of aliphatic hydroxyl groups is 3. The van der Waals surface area contributed by atoms with E-state index in [4.69, 9.17) is 0 Å². The molecule has 4 rings (SSSR count). The largest absolute Gasteiger partial charge is 1.00 e. The molecule has 0 aromatic heterocycles. The molecule has 11 atom stereocenters. The molecule has 12 heteroatoms. The number of carbonyl (C=O) groups excluding carboxylic acids is 1. The van der Waals surface area contributed by atoms with Gasteiger partial charge in [0.2, 0.25) is 5.91 Å². The average Bonchev–Trinajstić information content (AvgIpc) is 3.12. The van der Waals surface area contributed by atoms with E-state index < -0.39 is 28.1 Å². The third-order valence-electron chi connectivity index (χ3n) is 11.0. The van der Waals surface area contributed by atoms with Crippen LogP contribution in [0.2, 0.25) is 0 Å². The van der Waals surface area contributed by atoms with Gasteiger partial charge in [-0.3, -0.25) is 4.79 Å². The van der Waals surface area contributed by atoms with Crippen LogP contribution in [0.5, 0.6) is 0 Å². The maximum absolute atomic E-state index is 12.2. The normalized spacial score (nSPS) is 42.6. The second kappa shape index (κ2) is 13.4. The van der Waals surface area contributed by atoms with Crippen LogP contribution in [0.25, 0.3) is 0 Å². The quantitative estimate of drug-likeness (QED) is 0.188. The molecule has 218 valence electrons. The van der Waals surface area contributed by atoms with Crippen LogP contribution in [0.3, 0.4) is 0 Å². The van der Waals surface area contributed by atoms with Crippen molar-refractivity contribution in [3.63, 3.8) is 0 Å². The first-order chi connectivity index (χ1) is 16.3. The molecule has 1 amide bonds. The molecule has 0 bridgehead atoms. The summed E-state index contributed by atoms with van der Waals surface area (Å²) in [6, 6.07) is 0. The number of carbonyl (C=O) groups is 1. The Balaban J connectivity index is 0.00000241. The van der Waals surface area contributed by atoms with E-state index in [1.165, 1.54) is 0 Å². The van der Waals surface area contributed by atoms with E-state index in [0.29, 0.717) is 18.8 Å². The Morgan fingerprint density at radius 1 is 1.05 bits per heavy atom. The van der Waals surface area contributed by atoms with Crippen molar-refractivity contribution >= 4 is 16.0 Å². The van der Waals surface area contributed by atoms with E-state index in [-0.39, 0.29) is 106 Å². The summed E-state index contributed by atoms with van der Waals surface area (Å²) in [7, 11) is -4.35. The number of fused-ring (bicyclic) bond motifs is 5. The van der Waals surface area contributed by atoms with Crippen LogP contribution in [-0.4, -0.2) is 75.8 Å². The maximum atomic E-state index is 12.2. The summed E-state index contributed by atoms with van der Waals surface area (Å²) < 4.78 is 32.2. The van der Waals surface area contributed by atoms with Crippen molar-refractivity contribution in [2.24, 2.45) is 46.3 Å². The number of nitrogens with one attached hydrogen (secondary N) is 1. The van der Waals surface area contributed by atoms with Crippen LogP contribution in [0.4, 0.5) is 0 Å². The molecule has 4 aliphatic rings. The predicted octanol–water partition coefficient (Wildman–Crippen LogP) is -2.62. The smallest absolute Gasteiger partial charge is 0.748 e. The zero-order valence-electron chi connectivity index (χ0n) is 23.4. The van der Waals surface area contributed by atoms with Gasteiger partial charge < -0.3 is 36.1 Å². The summed E-state index contributed by atoms with van der Waals surface area (Å²) in [5, 5.41) is 35.7. The number of amides is 1. The molecule has 0 spiro atoms. The summed E-state index contributed by atoms with van der Waals surface area (Å²) in [5.41, 5.74) is -0.267. The van der Waals surface area contributed by atoms with E-state index in [1.807, 2.05) is 0 Å². The average molecular weight is 574 g/mol. The molecule has 1 unspecified atom stereocenters. The molecule has 0 aliphatic heterocycles. The molecule has 4 saturated carbocycles. The Morgan fingerprint density at radius 3 is 2.34 bits per heavy atom. The van der Waals surface area contributed by atoms with Gasteiger partial charge in [-0.2, -0.15) is 0 Å². The minimum absolute atomic E-state index is 0. The summed E-state index contributed by atoms with van der Waals surface area (Å²) in [5.74, 6) is 0.522. The van der Waals surface area contributed by atoms with Crippen molar-refractivity contribution < 1.29 is 73.6 Å². The van der Waals surface area contributed by atoms with Crippen LogP contribution in [0, 0.1) is 46.3 Å². The molecule has 4 aliphatic carbocycles. The Bertz CT molecular complexity index is 907. The Hall–Kier alpha value is 0.180. The summed E-state index contributed by atoms with van der Waals surface area (Å²) in [6.07, 6.45) is 5.58. The van der Waals surface area contributed by atoms with Crippen LogP contribution in [-0.2, 0) is 14.9 Å². The van der Waals surface area contributed by atoms with Crippen molar-refractivity contribution in [1.29, 1.82) is 0 Å². The first-order valence-electron chi connectivity index (χ1n) is 13.5. The number of aliphatic hydroxyl groups excluding tert-OH is 3. The van der Waals surface area contributed by atoms with Crippen LogP contribution in [0.15, 0.2) is 0 Å². The Morgan fingerprint density at radius 2 is 1.71 bits per heavy atom. The number of rotatable bonds is 7. The third-order valence-corrected chi connectivity index (χ3v) is 11.7. The minimum Gasteiger partial charge on any atom is -0.748 e. The maximum Gasteiger partial charge on any atom is 1.00 e. The molecule has 0 aromatic carbocycles. The topological polar surface area (TPSA) is 210 Å². The van der Waals surface area contributed by atoms with E-state index in [2.05, 4.69) is 26.1 Å². The van der Waals surface area contributed by atoms with Crippen molar-refractivity contribution in [2.45, 2.75) is 96.9 Å². The Kier molecular flexibility index (Phi) is 12.8. The molecule has 0 radical (unpaired) electrons. The van der Waals surface area contributed by atoms with Gasteiger partial charge >= 0.3 is 29.6 Å².